The summed E-state index contributed by atoms with van der Waals surface area (Å²) in [5.41, 5.74) is 2.39. The highest BCUT2D eigenvalue weighted by Gasteiger charge is 2.46. The van der Waals surface area contributed by atoms with Crippen LogP contribution in [0.3, 0.4) is 0 Å². The number of carbonyl (C=O) groups excluding carboxylic acids is 2. The SMILES string of the molecule is COc1ccccc1[C@@H]1C2=C(CNC2=O)N[C@@H]2CCCC[C@H]2N1C(=O)CCc1ccco1. The molecule has 0 unspecified atom stereocenters. The number of methoxy groups -OCH3 is 1. The number of carbonyl (C=O) groups is 2. The van der Waals surface area contributed by atoms with Crippen molar-refractivity contribution in [3.63, 3.8) is 0 Å². The maximum absolute atomic E-state index is 13.8. The summed E-state index contributed by atoms with van der Waals surface area (Å²) in [6.45, 7) is 0.470. The number of aryl methyl sites for hydroxylation is 1. The summed E-state index contributed by atoms with van der Waals surface area (Å²) in [4.78, 5) is 28.9. The first-order chi connectivity index (χ1) is 15.7. The van der Waals surface area contributed by atoms with Gasteiger partial charge in [-0.25, -0.2) is 0 Å². The number of nitrogens with one attached hydrogen (secondary N) is 2. The van der Waals surface area contributed by atoms with Gasteiger partial charge in [-0.2, -0.15) is 0 Å². The average molecular weight is 436 g/mol. The topological polar surface area (TPSA) is 83.8 Å². The molecule has 0 spiro atoms. The van der Waals surface area contributed by atoms with E-state index in [-0.39, 0.29) is 23.9 Å². The predicted molar refractivity (Wildman–Crippen MR) is 119 cm³/mol. The molecule has 2 N–H and O–H groups in total. The van der Waals surface area contributed by atoms with E-state index in [0.717, 1.165) is 42.7 Å². The zero-order valence-corrected chi connectivity index (χ0v) is 18.3. The number of ether oxygens (including phenoxy) is 1. The van der Waals surface area contributed by atoms with Crippen molar-refractivity contribution in [1.29, 1.82) is 0 Å². The Labute approximate surface area is 187 Å². The summed E-state index contributed by atoms with van der Waals surface area (Å²) in [5, 5.41) is 6.61. The van der Waals surface area contributed by atoms with Crippen LogP contribution in [0.1, 0.15) is 49.5 Å². The highest BCUT2D eigenvalue weighted by atomic mass is 16.5. The molecule has 3 aliphatic rings. The van der Waals surface area contributed by atoms with E-state index < -0.39 is 6.04 Å². The monoisotopic (exact) mass is 435 g/mol. The molecule has 7 heteroatoms. The van der Waals surface area contributed by atoms with Crippen LogP contribution in [-0.4, -0.2) is 42.5 Å². The normalized spacial score (nSPS) is 24.8. The van der Waals surface area contributed by atoms with Crippen LogP contribution in [0.4, 0.5) is 0 Å². The Hall–Kier alpha value is -3.22. The third-order valence-corrected chi connectivity index (χ3v) is 6.88. The molecule has 7 nitrogen and oxygen atoms in total. The van der Waals surface area contributed by atoms with E-state index in [4.69, 9.17) is 9.15 Å². The second-order valence-corrected chi connectivity index (χ2v) is 8.70. The Morgan fingerprint density at radius 1 is 1.19 bits per heavy atom. The standard InChI is InChI=1S/C25H29N3O4/c1-31-21-11-5-2-8-17(21)24-23-19(15-26-25(23)30)27-18-9-3-4-10-20(18)28(24)22(29)13-12-16-7-6-14-32-16/h2,5-8,11,14,18,20,24,27H,3-4,9-10,12-13,15H2,1H3,(H,26,30)/t18-,20-,24-/m1/s1. The fourth-order valence-electron chi connectivity index (χ4n) is 5.42. The third-order valence-electron chi connectivity index (χ3n) is 6.88. The first-order valence-corrected chi connectivity index (χ1v) is 11.4. The highest BCUT2D eigenvalue weighted by molar-refractivity contribution is 5.99. The molecule has 1 saturated carbocycles. The molecule has 168 valence electrons. The van der Waals surface area contributed by atoms with Gasteiger partial charge in [-0.15, -0.1) is 0 Å². The summed E-state index contributed by atoms with van der Waals surface area (Å²) >= 11 is 0. The minimum absolute atomic E-state index is 0.0150. The molecule has 1 aromatic heterocycles. The maximum atomic E-state index is 13.8. The molecule has 1 fully saturated rings. The molecule has 2 amide bonds. The lowest BCUT2D eigenvalue weighted by Crippen LogP contribution is -2.53. The lowest BCUT2D eigenvalue weighted by molar-refractivity contribution is -0.137. The number of fused-ring (bicyclic) bond motifs is 1. The molecule has 5 rings (SSSR count). The number of rotatable bonds is 5. The van der Waals surface area contributed by atoms with Gasteiger partial charge in [0, 0.05) is 30.1 Å². The average Bonchev–Trinajstić information content (AvgIpc) is 3.43. The van der Waals surface area contributed by atoms with Crippen LogP contribution in [0.25, 0.3) is 0 Å². The van der Waals surface area contributed by atoms with E-state index in [9.17, 15) is 9.59 Å². The van der Waals surface area contributed by atoms with Crippen LogP contribution in [0, 0.1) is 0 Å². The predicted octanol–water partition coefficient (Wildman–Crippen LogP) is 3.09. The van der Waals surface area contributed by atoms with E-state index in [1.165, 1.54) is 0 Å². The van der Waals surface area contributed by atoms with E-state index in [2.05, 4.69) is 10.6 Å². The minimum Gasteiger partial charge on any atom is -0.496 e. The van der Waals surface area contributed by atoms with Crippen LogP contribution in [0.5, 0.6) is 5.75 Å². The van der Waals surface area contributed by atoms with E-state index in [1.807, 2.05) is 41.3 Å². The van der Waals surface area contributed by atoms with E-state index in [0.29, 0.717) is 30.7 Å². The number of furan rings is 1. The molecule has 0 saturated heterocycles. The quantitative estimate of drug-likeness (QED) is 0.754. The number of benzene rings is 1. The maximum Gasteiger partial charge on any atom is 0.251 e. The van der Waals surface area contributed by atoms with Crippen molar-refractivity contribution in [2.45, 2.75) is 56.7 Å². The fraction of sp³-hybridized carbons (Fsp3) is 0.440. The van der Waals surface area contributed by atoms with Crippen molar-refractivity contribution in [3.8, 4) is 5.75 Å². The summed E-state index contributed by atoms with van der Waals surface area (Å²) < 4.78 is 11.1. The molecule has 2 aromatic rings. The Balaban J connectivity index is 1.60. The van der Waals surface area contributed by atoms with Crippen LogP contribution >= 0.6 is 0 Å². The van der Waals surface area contributed by atoms with Gasteiger partial charge >= 0.3 is 0 Å². The minimum atomic E-state index is -0.492. The molecule has 1 aliphatic carbocycles. The third kappa shape index (κ3) is 3.66. The molecule has 0 bridgehead atoms. The lowest BCUT2D eigenvalue weighted by Gasteiger charge is -2.43. The van der Waals surface area contributed by atoms with Crippen molar-refractivity contribution < 1.29 is 18.7 Å². The van der Waals surface area contributed by atoms with Crippen molar-refractivity contribution in [3.05, 3.63) is 65.3 Å². The fourth-order valence-corrected chi connectivity index (χ4v) is 5.42. The van der Waals surface area contributed by atoms with Gasteiger partial charge in [0.05, 0.1) is 37.6 Å². The van der Waals surface area contributed by atoms with Gasteiger partial charge in [0.25, 0.3) is 5.91 Å². The molecule has 32 heavy (non-hydrogen) atoms. The molecular weight excluding hydrogens is 406 g/mol. The Bertz CT molecular complexity index is 1030. The van der Waals surface area contributed by atoms with Gasteiger partial charge in [0.1, 0.15) is 11.5 Å². The van der Waals surface area contributed by atoms with Crippen LogP contribution in [-0.2, 0) is 16.0 Å². The van der Waals surface area contributed by atoms with Crippen molar-refractivity contribution in [2.24, 2.45) is 0 Å². The molecule has 3 heterocycles. The number of amides is 2. The Morgan fingerprint density at radius 2 is 2.03 bits per heavy atom. The summed E-state index contributed by atoms with van der Waals surface area (Å²) in [7, 11) is 1.63. The summed E-state index contributed by atoms with van der Waals surface area (Å²) in [6.07, 6.45) is 6.57. The molecule has 0 radical (unpaired) electrons. The van der Waals surface area contributed by atoms with Gasteiger partial charge in [-0.3, -0.25) is 9.59 Å². The van der Waals surface area contributed by atoms with Gasteiger partial charge in [-0.1, -0.05) is 31.0 Å². The number of nitrogens with zero attached hydrogens (tertiary/aromatic N) is 1. The zero-order valence-electron chi connectivity index (χ0n) is 18.3. The van der Waals surface area contributed by atoms with Crippen molar-refractivity contribution in [2.75, 3.05) is 13.7 Å². The molecular formula is C25H29N3O4. The number of hydrogen-bond acceptors (Lipinski definition) is 5. The summed E-state index contributed by atoms with van der Waals surface area (Å²) in [5.74, 6) is 1.39. The molecule has 3 atom stereocenters. The highest BCUT2D eigenvalue weighted by Crippen LogP contribution is 2.43. The van der Waals surface area contributed by atoms with Gasteiger partial charge in [0.15, 0.2) is 0 Å². The van der Waals surface area contributed by atoms with E-state index in [1.54, 1.807) is 13.4 Å². The smallest absolute Gasteiger partial charge is 0.251 e. The largest absolute Gasteiger partial charge is 0.496 e. The first kappa shape index (κ1) is 20.7. The second kappa shape index (κ2) is 8.73. The number of para-hydroxylation sites is 1. The molecule has 1 aromatic carbocycles. The number of hydrogen-bond donors (Lipinski definition) is 2. The van der Waals surface area contributed by atoms with Gasteiger partial charge in [-0.05, 0) is 31.0 Å². The first-order valence-electron chi connectivity index (χ1n) is 11.4. The van der Waals surface area contributed by atoms with E-state index >= 15 is 0 Å². The van der Waals surface area contributed by atoms with Crippen molar-refractivity contribution >= 4 is 11.8 Å². The Kier molecular flexibility index (Phi) is 5.64. The Morgan fingerprint density at radius 3 is 2.84 bits per heavy atom. The lowest BCUT2D eigenvalue weighted by atomic mass is 9.86. The van der Waals surface area contributed by atoms with Crippen LogP contribution in [0.2, 0.25) is 0 Å². The van der Waals surface area contributed by atoms with Crippen molar-refractivity contribution in [1.82, 2.24) is 15.5 Å². The zero-order chi connectivity index (χ0) is 22.1. The molecule has 2 aliphatic heterocycles. The summed E-state index contributed by atoms with van der Waals surface area (Å²) in [6, 6.07) is 11.1. The van der Waals surface area contributed by atoms with Crippen LogP contribution in [0.15, 0.2) is 58.3 Å². The van der Waals surface area contributed by atoms with Gasteiger partial charge in [0.2, 0.25) is 5.91 Å². The second-order valence-electron chi connectivity index (χ2n) is 8.70. The van der Waals surface area contributed by atoms with Gasteiger partial charge < -0.3 is 24.7 Å². The van der Waals surface area contributed by atoms with Crippen LogP contribution < -0.4 is 15.4 Å².